The lowest BCUT2D eigenvalue weighted by Gasteiger charge is -2.24. The van der Waals surface area contributed by atoms with E-state index in [1.54, 1.807) is 17.0 Å². The van der Waals surface area contributed by atoms with Crippen LogP contribution in [0.25, 0.3) is 0 Å². The number of aliphatic carboxylic acids is 1. The van der Waals surface area contributed by atoms with Gasteiger partial charge in [0, 0.05) is 33.0 Å². The lowest BCUT2D eigenvalue weighted by molar-refractivity contribution is -0.149. The van der Waals surface area contributed by atoms with E-state index >= 15 is 0 Å². The van der Waals surface area contributed by atoms with Crippen LogP contribution in [0.1, 0.15) is 18.6 Å². The van der Waals surface area contributed by atoms with Gasteiger partial charge < -0.3 is 24.1 Å². The highest BCUT2D eigenvalue weighted by atomic mass is 16.5. The summed E-state index contributed by atoms with van der Waals surface area (Å²) in [4.78, 5) is 39.2. The Hall–Kier alpha value is -2.35. The van der Waals surface area contributed by atoms with Crippen LogP contribution >= 0.6 is 0 Å². The summed E-state index contributed by atoms with van der Waals surface area (Å²) in [5.74, 6) is -1.33. The van der Waals surface area contributed by atoms with Crippen molar-refractivity contribution in [3.8, 4) is 0 Å². The largest absolute Gasteiger partial charge is 0.480 e. The number of likely N-dealkylation sites (tertiary alicyclic amines) is 2. The maximum atomic E-state index is 12.7. The topological polar surface area (TPSA) is 100 Å². The van der Waals surface area contributed by atoms with Gasteiger partial charge in [-0.25, -0.2) is 4.79 Å². The molecular weight excluding hydrogens is 316 g/mol. The highest BCUT2D eigenvalue weighted by Crippen LogP contribution is 2.27. The van der Waals surface area contributed by atoms with Crippen molar-refractivity contribution in [2.75, 3.05) is 20.2 Å². The summed E-state index contributed by atoms with van der Waals surface area (Å²) in [6.07, 6.45) is 1.62. The lowest BCUT2D eigenvalue weighted by atomic mass is 10.1. The molecule has 2 saturated heterocycles. The predicted molar refractivity (Wildman–Crippen MR) is 80.8 cm³/mol. The summed E-state index contributed by atoms with van der Waals surface area (Å²) in [6.45, 7) is 0.840. The number of amides is 2. The third kappa shape index (κ3) is 3.14. The molecule has 3 atom stereocenters. The number of carbonyl (C=O) groups is 3. The molecule has 3 heterocycles. The summed E-state index contributed by atoms with van der Waals surface area (Å²) in [7, 11) is 1.50. The molecule has 0 radical (unpaired) electrons. The normalized spacial score (nSPS) is 27.0. The molecule has 3 rings (SSSR count). The van der Waals surface area contributed by atoms with Gasteiger partial charge in [0.15, 0.2) is 0 Å². The van der Waals surface area contributed by atoms with Crippen molar-refractivity contribution in [2.24, 2.45) is 5.92 Å². The van der Waals surface area contributed by atoms with Gasteiger partial charge in [-0.3, -0.25) is 9.59 Å². The highest BCUT2D eigenvalue weighted by Gasteiger charge is 2.44. The van der Waals surface area contributed by atoms with Gasteiger partial charge in [-0.2, -0.15) is 0 Å². The Morgan fingerprint density at radius 3 is 2.83 bits per heavy atom. The Labute approximate surface area is 139 Å². The number of carboxylic acid groups (broad SMARTS) is 1. The molecule has 0 aromatic carbocycles. The molecule has 130 valence electrons. The monoisotopic (exact) mass is 336 g/mol. The summed E-state index contributed by atoms with van der Waals surface area (Å²) >= 11 is 0. The first kappa shape index (κ1) is 16.5. The number of hydrogen-bond donors (Lipinski definition) is 1. The van der Waals surface area contributed by atoms with Crippen molar-refractivity contribution in [2.45, 2.75) is 31.5 Å². The Morgan fingerprint density at radius 1 is 1.42 bits per heavy atom. The molecule has 0 aliphatic carbocycles. The second-order valence-electron chi connectivity index (χ2n) is 6.19. The lowest BCUT2D eigenvalue weighted by Crippen LogP contribution is -2.44. The summed E-state index contributed by atoms with van der Waals surface area (Å²) in [6, 6.07) is 2.62. The van der Waals surface area contributed by atoms with E-state index in [0.29, 0.717) is 12.3 Å². The minimum Gasteiger partial charge on any atom is -0.480 e. The van der Waals surface area contributed by atoms with Gasteiger partial charge in [-0.15, -0.1) is 0 Å². The van der Waals surface area contributed by atoms with Crippen LogP contribution in [0.4, 0.5) is 0 Å². The van der Waals surface area contributed by atoms with Crippen LogP contribution in [-0.2, 0) is 25.7 Å². The van der Waals surface area contributed by atoms with Gasteiger partial charge in [0.2, 0.25) is 11.8 Å². The molecule has 3 unspecified atom stereocenters. The molecule has 1 N–H and O–H groups in total. The van der Waals surface area contributed by atoms with Crippen LogP contribution in [0.3, 0.4) is 0 Å². The molecule has 1 aromatic rings. The third-order valence-corrected chi connectivity index (χ3v) is 4.65. The zero-order chi connectivity index (χ0) is 17.3. The van der Waals surface area contributed by atoms with Crippen LogP contribution in [0, 0.1) is 5.92 Å². The molecule has 2 aliphatic rings. The number of nitrogens with zero attached hydrogens (tertiary/aromatic N) is 2. The van der Waals surface area contributed by atoms with E-state index in [4.69, 9.17) is 9.15 Å². The minimum atomic E-state index is -1.04. The molecule has 0 spiro atoms. The van der Waals surface area contributed by atoms with Crippen molar-refractivity contribution in [3.05, 3.63) is 24.2 Å². The van der Waals surface area contributed by atoms with Crippen LogP contribution < -0.4 is 0 Å². The van der Waals surface area contributed by atoms with Crippen molar-refractivity contribution in [1.29, 1.82) is 0 Å². The molecule has 1 aromatic heterocycles. The highest BCUT2D eigenvalue weighted by molar-refractivity contribution is 5.91. The van der Waals surface area contributed by atoms with Crippen LogP contribution in [0.15, 0.2) is 22.8 Å². The van der Waals surface area contributed by atoms with Crippen LogP contribution in [0.5, 0.6) is 0 Å². The second-order valence-corrected chi connectivity index (χ2v) is 6.19. The third-order valence-electron chi connectivity index (χ3n) is 4.65. The fraction of sp³-hybridized carbons (Fsp3) is 0.562. The summed E-state index contributed by atoms with van der Waals surface area (Å²) < 4.78 is 10.4. The fourth-order valence-corrected chi connectivity index (χ4v) is 3.36. The zero-order valence-corrected chi connectivity index (χ0v) is 13.4. The maximum Gasteiger partial charge on any atom is 0.326 e. The number of methoxy groups -OCH3 is 1. The average molecular weight is 336 g/mol. The van der Waals surface area contributed by atoms with Crippen LogP contribution in [0.2, 0.25) is 0 Å². The first-order valence-electron chi connectivity index (χ1n) is 7.85. The zero-order valence-electron chi connectivity index (χ0n) is 13.4. The van der Waals surface area contributed by atoms with E-state index < -0.39 is 17.9 Å². The van der Waals surface area contributed by atoms with Crippen LogP contribution in [-0.4, -0.2) is 65.0 Å². The molecule has 2 amide bonds. The van der Waals surface area contributed by atoms with E-state index in [9.17, 15) is 19.5 Å². The quantitative estimate of drug-likeness (QED) is 0.832. The SMILES string of the molecule is COC1CC(C(=O)O)N(C(=O)C2CC(=O)N(Cc3ccco3)C2)C1. The van der Waals surface area contributed by atoms with E-state index in [1.165, 1.54) is 18.3 Å². The molecule has 8 nitrogen and oxygen atoms in total. The molecule has 0 bridgehead atoms. The number of carboxylic acids is 1. The summed E-state index contributed by atoms with van der Waals surface area (Å²) in [5.41, 5.74) is 0. The van der Waals surface area contributed by atoms with Gasteiger partial charge in [-0.1, -0.05) is 0 Å². The average Bonchev–Trinajstić information content (AvgIpc) is 3.27. The van der Waals surface area contributed by atoms with Gasteiger partial charge in [0.25, 0.3) is 0 Å². The molecule has 2 fully saturated rings. The number of ether oxygens (including phenoxy) is 1. The van der Waals surface area contributed by atoms with Crippen molar-refractivity contribution < 1.29 is 28.6 Å². The van der Waals surface area contributed by atoms with Gasteiger partial charge in [0.1, 0.15) is 11.8 Å². The predicted octanol–water partition coefficient (Wildman–Crippen LogP) is 0.329. The standard InChI is InChI=1S/C16H20N2O6/c1-23-12-6-13(16(21)22)18(9-12)15(20)10-5-14(19)17(7-10)8-11-3-2-4-24-11/h2-4,10,12-13H,5-9H2,1H3,(H,21,22). The molecule has 2 aliphatic heterocycles. The number of furan rings is 1. The number of carbonyl (C=O) groups excluding carboxylic acids is 2. The Morgan fingerprint density at radius 2 is 2.21 bits per heavy atom. The first-order chi connectivity index (χ1) is 11.5. The van der Waals surface area contributed by atoms with E-state index in [2.05, 4.69) is 0 Å². The first-order valence-corrected chi connectivity index (χ1v) is 7.85. The van der Waals surface area contributed by atoms with E-state index in [-0.39, 0.29) is 43.8 Å². The minimum absolute atomic E-state index is 0.0973. The molecular formula is C16H20N2O6. The van der Waals surface area contributed by atoms with E-state index in [0.717, 1.165) is 0 Å². The van der Waals surface area contributed by atoms with Gasteiger partial charge in [0.05, 0.1) is 24.8 Å². The Kier molecular flexibility index (Phi) is 4.57. The van der Waals surface area contributed by atoms with Gasteiger partial charge >= 0.3 is 5.97 Å². The Bertz CT molecular complexity index is 629. The molecule has 0 saturated carbocycles. The van der Waals surface area contributed by atoms with Crippen molar-refractivity contribution in [3.63, 3.8) is 0 Å². The van der Waals surface area contributed by atoms with E-state index in [1.807, 2.05) is 0 Å². The Balaban J connectivity index is 1.66. The molecule has 24 heavy (non-hydrogen) atoms. The summed E-state index contributed by atoms with van der Waals surface area (Å²) in [5, 5.41) is 9.32. The molecule has 8 heteroatoms. The second kappa shape index (κ2) is 6.64. The smallest absolute Gasteiger partial charge is 0.326 e. The van der Waals surface area contributed by atoms with Crippen molar-refractivity contribution in [1.82, 2.24) is 9.80 Å². The van der Waals surface area contributed by atoms with Crippen molar-refractivity contribution >= 4 is 17.8 Å². The maximum absolute atomic E-state index is 12.7. The van der Waals surface area contributed by atoms with Gasteiger partial charge in [-0.05, 0) is 12.1 Å². The number of rotatable bonds is 5. The number of hydrogen-bond acceptors (Lipinski definition) is 5. The fourth-order valence-electron chi connectivity index (χ4n) is 3.36.